The van der Waals surface area contributed by atoms with Crippen molar-refractivity contribution in [3.8, 4) is 11.4 Å². The maximum atomic E-state index is 13.2. The van der Waals surface area contributed by atoms with E-state index in [0.29, 0.717) is 23.5 Å². The van der Waals surface area contributed by atoms with Crippen LogP contribution in [0.4, 0.5) is 0 Å². The Kier molecular flexibility index (Phi) is 6.57. The van der Waals surface area contributed by atoms with Gasteiger partial charge in [0.15, 0.2) is 6.10 Å². The second-order valence-corrected chi connectivity index (χ2v) is 10.1. The van der Waals surface area contributed by atoms with Crippen molar-refractivity contribution in [2.45, 2.75) is 57.1 Å². The number of benzene rings is 1. The van der Waals surface area contributed by atoms with Crippen LogP contribution in [0.15, 0.2) is 52.1 Å². The molecule has 0 spiro atoms. The summed E-state index contributed by atoms with van der Waals surface area (Å²) in [6.07, 6.45) is 5.07. The van der Waals surface area contributed by atoms with Crippen molar-refractivity contribution >= 4 is 16.0 Å². The number of piperidine rings is 1. The Labute approximate surface area is 192 Å². The van der Waals surface area contributed by atoms with Crippen molar-refractivity contribution < 1.29 is 22.5 Å². The highest BCUT2D eigenvalue weighted by Crippen LogP contribution is 2.28. The molecule has 2 unspecified atom stereocenters. The van der Waals surface area contributed by atoms with Crippen LogP contribution in [0.5, 0.6) is 0 Å². The van der Waals surface area contributed by atoms with Crippen molar-refractivity contribution in [3.63, 3.8) is 0 Å². The summed E-state index contributed by atoms with van der Waals surface area (Å²) >= 11 is 0. The van der Waals surface area contributed by atoms with Crippen molar-refractivity contribution in [1.82, 2.24) is 19.4 Å². The Balaban J connectivity index is 1.53. The lowest BCUT2D eigenvalue weighted by atomic mass is 10.1. The number of ether oxygens (including phenoxy) is 1. The highest BCUT2D eigenvalue weighted by atomic mass is 32.2. The van der Waals surface area contributed by atoms with Crippen LogP contribution in [0.25, 0.3) is 11.4 Å². The van der Waals surface area contributed by atoms with Gasteiger partial charge in [0.05, 0.1) is 10.5 Å². The summed E-state index contributed by atoms with van der Waals surface area (Å²) in [6, 6.07) is 8.00. The van der Waals surface area contributed by atoms with Crippen LogP contribution in [0, 0.1) is 6.92 Å². The first-order valence-electron chi connectivity index (χ1n) is 10.8. The largest absolute Gasteiger partial charge is 0.449 e. The first kappa shape index (κ1) is 23.1. The number of hydrogen-bond acceptors (Lipinski definition) is 8. The van der Waals surface area contributed by atoms with E-state index in [0.717, 1.165) is 19.3 Å². The first-order chi connectivity index (χ1) is 15.8. The van der Waals surface area contributed by atoms with E-state index in [1.54, 1.807) is 44.4 Å². The van der Waals surface area contributed by atoms with Crippen LogP contribution in [0.3, 0.4) is 0 Å². The van der Waals surface area contributed by atoms with E-state index in [4.69, 9.17) is 9.26 Å². The molecule has 9 nitrogen and oxygen atoms in total. The minimum absolute atomic E-state index is 0.0768. The van der Waals surface area contributed by atoms with Crippen molar-refractivity contribution in [3.05, 3.63) is 59.7 Å². The smallest absolute Gasteiger partial charge is 0.339 e. The van der Waals surface area contributed by atoms with E-state index >= 15 is 0 Å². The Morgan fingerprint density at radius 3 is 2.82 bits per heavy atom. The van der Waals surface area contributed by atoms with Crippen LogP contribution < -0.4 is 0 Å². The van der Waals surface area contributed by atoms with Gasteiger partial charge in [0.25, 0.3) is 5.89 Å². The van der Waals surface area contributed by atoms with Crippen LogP contribution >= 0.6 is 0 Å². The summed E-state index contributed by atoms with van der Waals surface area (Å²) in [5.41, 5.74) is 1.46. The van der Waals surface area contributed by atoms with Gasteiger partial charge in [-0.05, 0) is 63.4 Å². The molecule has 174 valence electrons. The third kappa shape index (κ3) is 4.81. The van der Waals surface area contributed by atoms with Crippen molar-refractivity contribution in [1.29, 1.82) is 0 Å². The van der Waals surface area contributed by atoms with Gasteiger partial charge in [0, 0.05) is 30.5 Å². The molecule has 4 rings (SSSR count). The predicted octanol–water partition coefficient (Wildman–Crippen LogP) is 3.92. The average molecular weight is 471 g/mol. The lowest BCUT2D eigenvalue weighted by Gasteiger charge is -2.32. The fourth-order valence-electron chi connectivity index (χ4n) is 3.83. The predicted molar refractivity (Wildman–Crippen MR) is 120 cm³/mol. The van der Waals surface area contributed by atoms with Gasteiger partial charge in [-0.3, -0.25) is 4.98 Å². The second kappa shape index (κ2) is 9.40. The molecule has 0 N–H and O–H groups in total. The zero-order valence-electron chi connectivity index (χ0n) is 18.8. The quantitative estimate of drug-likeness (QED) is 0.498. The molecule has 3 aromatic rings. The highest BCUT2D eigenvalue weighted by molar-refractivity contribution is 7.89. The number of sulfonamides is 1. The van der Waals surface area contributed by atoms with E-state index in [-0.39, 0.29) is 22.4 Å². The molecule has 3 heterocycles. The summed E-state index contributed by atoms with van der Waals surface area (Å²) in [5, 5.41) is 3.91. The minimum Gasteiger partial charge on any atom is -0.449 e. The number of carbonyl (C=O) groups excluding carboxylic acids is 1. The SMILES string of the molecule is Cc1ccc(S(=O)(=O)N2CCCCC2C)cc1C(=O)OC(C)c1nc(-c2cccnc2)no1. The Morgan fingerprint density at radius 2 is 2.09 bits per heavy atom. The van der Waals surface area contributed by atoms with Crippen LogP contribution in [-0.2, 0) is 14.8 Å². The molecular formula is C23H26N4O5S. The fraction of sp³-hybridized carbons (Fsp3) is 0.391. The third-order valence-electron chi connectivity index (χ3n) is 5.77. The van der Waals surface area contributed by atoms with Crippen molar-refractivity contribution in [2.75, 3.05) is 6.54 Å². The van der Waals surface area contributed by atoms with Gasteiger partial charge in [-0.1, -0.05) is 17.6 Å². The number of nitrogens with zero attached hydrogens (tertiary/aromatic N) is 4. The number of aryl methyl sites for hydroxylation is 1. The van der Waals surface area contributed by atoms with Gasteiger partial charge in [0.1, 0.15) is 0 Å². The van der Waals surface area contributed by atoms with E-state index < -0.39 is 22.1 Å². The van der Waals surface area contributed by atoms with Crippen LogP contribution in [0.1, 0.15) is 61.0 Å². The Hall–Kier alpha value is -3.11. The summed E-state index contributed by atoms with van der Waals surface area (Å²) in [5.74, 6) is -0.198. The van der Waals surface area contributed by atoms with Gasteiger partial charge in [-0.25, -0.2) is 13.2 Å². The molecule has 0 saturated carbocycles. The zero-order chi connectivity index (χ0) is 23.6. The van der Waals surface area contributed by atoms with Crippen molar-refractivity contribution in [2.24, 2.45) is 0 Å². The van der Waals surface area contributed by atoms with E-state index in [2.05, 4.69) is 15.1 Å². The fourth-order valence-corrected chi connectivity index (χ4v) is 5.56. The second-order valence-electron chi connectivity index (χ2n) is 8.18. The molecule has 0 radical (unpaired) electrons. The molecule has 2 aromatic heterocycles. The number of rotatable bonds is 6. The monoisotopic (exact) mass is 470 g/mol. The number of aromatic nitrogens is 3. The molecule has 0 bridgehead atoms. The highest BCUT2D eigenvalue weighted by Gasteiger charge is 2.32. The molecule has 2 atom stereocenters. The lowest BCUT2D eigenvalue weighted by Crippen LogP contribution is -2.41. The van der Waals surface area contributed by atoms with Gasteiger partial charge < -0.3 is 9.26 Å². The molecule has 0 aliphatic carbocycles. The van der Waals surface area contributed by atoms with Crippen LogP contribution in [-0.4, -0.2) is 46.4 Å². The number of pyridine rings is 1. The average Bonchev–Trinajstić information content (AvgIpc) is 3.30. The number of esters is 1. The van der Waals surface area contributed by atoms with Gasteiger partial charge in [-0.2, -0.15) is 9.29 Å². The molecule has 1 fully saturated rings. The molecule has 1 aliphatic heterocycles. The molecule has 10 heteroatoms. The minimum atomic E-state index is -3.71. The molecule has 1 aromatic carbocycles. The summed E-state index contributed by atoms with van der Waals surface area (Å²) in [6.45, 7) is 5.73. The lowest BCUT2D eigenvalue weighted by molar-refractivity contribution is 0.0264. The molecule has 0 amide bonds. The zero-order valence-corrected chi connectivity index (χ0v) is 19.6. The summed E-state index contributed by atoms with van der Waals surface area (Å²) in [4.78, 5) is 21.3. The topological polar surface area (TPSA) is 115 Å². The summed E-state index contributed by atoms with van der Waals surface area (Å²) < 4.78 is 38.7. The number of hydrogen-bond donors (Lipinski definition) is 0. The first-order valence-corrected chi connectivity index (χ1v) is 12.3. The molecular weight excluding hydrogens is 444 g/mol. The Bertz CT molecular complexity index is 1240. The normalized spacial score (nSPS) is 18.1. The molecule has 1 saturated heterocycles. The number of carbonyl (C=O) groups is 1. The Morgan fingerprint density at radius 1 is 1.27 bits per heavy atom. The van der Waals surface area contributed by atoms with Crippen LogP contribution in [0.2, 0.25) is 0 Å². The van der Waals surface area contributed by atoms with E-state index in [9.17, 15) is 13.2 Å². The van der Waals surface area contributed by atoms with Gasteiger partial charge in [-0.15, -0.1) is 0 Å². The third-order valence-corrected chi connectivity index (χ3v) is 7.78. The molecule has 1 aliphatic rings. The van der Waals surface area contributed by atoms with E-state index in [1.807, 2.05) is 6.92 Å². The standard InChI is InChI=1S/C23H26N4O5S/c1-15-9-10-19(33(29,30)27-12-5-4-7-16(27)2)13-20(15)23(28)31-17(3)22-25-21(26-32-22)18-8-6-11-24-14-18/h6,8-11,13-14,16-17H,4-5,7,12H2,1-3H3. The molecule has 33 heavy (non-hydrogen) atoms. The van der Waals surface area contributed by atoms with E-state index in [1.165, 1.54) is 16.4 Å². The van der Waals surface area contributed by atoms with Gasteiger partial charge in [0.2, 0.25) is 15.8 Å². The van der Waals surface area contributed by atoms with Gasteiger partial charge >= 0.3 is 5.97 Å². The maximum Gasteiger partial charge on any atom is 0.339 e. The maximum absolute atomic E-state index is 13.2. The summed E-state index contributed by atoms with van der Waals surface area (Å²) in [7, 11) is -3.71.